The molecule has 9 heteroatoms. The monoisotopic (exact) mass is 513 g/mol. The van der Waals surface area contributed by atoms with E-state index >= 15 is 0 Å². The average molecular weight is 514 g/mol. The van der Waals surface area contributed by atoms with E-state index in [4.69, 9.17) is 25.8 Å². The number of aryl methyl sites for hydroxylation is 1. The molecule has 2 aromatic carbocycles. The number of hydrogen-bond donors (Lipinski definition) is 0. The van der Waals surface area contributed by atoms with Crippen LogP contribution in [0.2, 0.25) is 5.02 Å². The van der Waals surface area contributed by atoms with Crippen molar-refractivity contribution in [1.29, 1.82) is 0 Å². The summed E-state index contributed by atoms with van der Waals surface area (Å²) in [6, 6.07) is 10.0. The molecule has 2 heterocycles. The summed E-state index contributed by atoms with van der Waals surface area (Å²) in [6.07, 6.45) is 3.77. The van der Waals surface area contributed by atoms with Crippen molar-refractivity contribution in [3.63, 3.8) is 0 Å². The van der Waals surface area contributed by atoms with E-state index in [1.807, 2.05) is 10.6 Å². The quantitative estimate of drug-likeness (QED) is 0.437. The molecule has 1 unspecified atom stereocenters. The van der Waals surface area contributed by atoms with E-state index < -0.39 is 5.97 Å². The molecule has 1 aromatic heterocycles. The van der Waals surface area contributed by atoms with Gasteiger partial charge in [0, 0.05) is 30.2 Å². The summed E-state index contributed by atoms with van der Waals surface area (Å²) in [5.41, 5.74) is 3.89. The summed E-state index contributed by atoms with van der Waals surface area (Å²) in [6.45, 7) is 3.67. The first-order valence-corrected chi connectivity index (χ1v) is 12.9. The fourth-order valence-electron chi connectivity index (χ4n) is 5.84. The van der Waals surface area contributed by atoms with Crippen LogP contribution in [0.1, 0.15) is 49.4 Å². The molecular weight excluding hydrogens is 482 g/mol. The van der Waals surface area contributed by atoms with Gasteiger partial charge in [-0.05, 0) is 74.1 Å². The molecule has 0 saturated carbocycles. The number of aromatic nitrogens is 2. The number of likely N-dealkylation sites (tertiary alicyclic amines) is 1. The lowest BCUT2D eigenvalue weighted by molar-refractivity contribution is -0.143. The first kappa shape index (κ1) is 24.7. The highest BCUT2D eigenvalue weighted by Gasteiger charge is 2.33. The van der Waals surface area contributed by atoms with E-state index in [9.17, 15) is 9.59 Å². The van der Waals surface area contributed by atoms with Gasteiger partial charge < -0.3 is 14.2 Å². The largest absolute Gasteiger partial charge is 0.493 e. The second kappa shape index (κ2) is 10.2. The summed E-state index contributed by atoms with van der Waals surface area (Å²) >= 11 is 6.25. The number of hydrogen-bond acceptors (Lipinski definition) is 6. The van der Waals surface area contributed by atoms with E-state index in [-0.39, 0.29) is 24.9 Å². The minimum atomic E-state index is -0.430. The van der Waals surface area contributed by atoms with Gasteiger partial charge in [-0.1, -0.05) is 11.6 Å². The Morgan fingerprint density at radius 3 is 2.44 bits per heavy atom. The van der Waals surface area contributed by atoms with Crippen molar-refractivity contribution in [2.75, 3.05) is 33.9 Å². The number of carbonyl (C=O) groups excluding carboxylic acids is 1. The summed E-state index contributed by atoms with van der Waals surface area (Å²) in [5.74, 6) is 1.10. The number of fused-ring (bicyclic) bond motifs is 2. The fourth-order valence-corrected chi connectivity index (χ4v) is 6.01. The molecule has 3 aromatic rings. The second-order valence-electron chi connectivity index (χ2n) is 9.40. The van der Waals surface area contributed by atoms with Crippen LogP contribution in [0.25, 0.3) is 11.0 Å². The molecule has 0 spiro atoms. The number of esters is 1. The second-order valence-corrected chi connectivity index (χ2v) is 9.84. The number of rotatable bonds is 7. The number of carbonyl (C=O) groups is 1. The van der Waals surface area contributed by atoms with Gasteiger partial charge in [-0.25, -0.2) is 4.79 Å². The fraction of sp³-hybridized carbons (Fsp3) is 0.481. The highest BCUT2D eigenvalue weighted by molar-refractivity contribution is 6.31. The van der Waals surface area contributed by atoms with Gasteiger partial charge >= 0.3 is 11.7 Å². The van der Waals surface area contributed by atoms with E-state index in [1.54, 1.807) is 33.3 Å². The smallest absolute Gasteiger partial charge is 0.329 e. The highest BCUT2D eigenvalue weighted by atomic mass is 35.5. The molecule has 2 aliphatic rings. The molecule has 1 fully saturated rings. The van der Waals surface area contributed by atoms with Crippen LogP contribution < -0.4 is 15.2 Å². The zero-order valence-corrected chi connectivity index (χ0v) is 21.7. The third kappa shape index (κ3) is 4.37. The minimum absolute atomic E-state index is 0.0483. The third-order valence-corrected chi connectivity index (χ3v) is 7.75. The zero-order chi connectivity index (χ0) is 25.4. The lowest BCUT2D eigenvalue weighted by Crippen LogP contribution is -2.39. The van der Waals surface area contributed by atoms with Crippen LogP contribution in [0.4, 0.5) is 0 Å². The van der Waals surface area contributed by atoms with Crippen LogP contribution in [0, 0.1) is 0 Å². The van der Waals surface area contributed by atoms with Gasteiger partial charge in [0.15, 0.2) is 11.5 Å². The molecule has 36 heavy (non-hydrogen) atoms. The Morgan fingerprint density at radius 1 is 1.03 bits per heavy atom. The predicted octanol–water partition coefficient (Wildman–Crippen LogP) is 4.36. The SMILES string of the molecule is CCOC(=O)Cn1c(=O)n(C2CCN(C3CCc4cc(OC)c(OC)cc43)CC2)c2ccc(Cl)cc21. The number of benzene rings is 2. The van der Waals surface area contributed by atoms with Crippen molar-refractivity contribution in [2.24, 2.45) is 0 Å². The molecule has 1 aliphatic carbocycles. The van der Waals surface area contributed by atoms with E-state index in [0.29, 0.717) is 16.6 Å². The topological polar surface area (TPSA) is 74.9 Å². The third-order valence-electron chi connectivity index (χ3n) is 7.51. The maximum Gasteiger partial charge on any atom is 0.329 e. The summed E-state index contributed by atoms with van der Waals surface area (Å²) in [7, 11) is 3.34. The Morgan fingerprint density at radius 2 is 1.75 bits per heavy atom. The number of ether oxygens (including phenoxy) is 3. The highest BCUT2D eigenvalue weighted by Crippen LogP contribution is 2.43. The van der Waals surface area contributed by atoms with Gasteiger partial charge in [0.2, 0.25) is 0 Å². The summed E-state index contributed by atoms with van der Waals surface area (Å²) < 4.78 is 19.5. The van der Waals surface area contributed by atoms with Crippen LogP contribution in [-0.4, -0.2) is 53.9 Å². The molecule has 0 radical (unpaired) electrons. The molecule has 1 saturated heterocycles. The van der Waals surface area contributed by atoms with Crippen LogP contribution in [0.5, 0.6) is 11.5 Å². The van der Waals surface area contributed by atoms with E-state index in [0.717, 1.165) is 55.8 Å². The minimum Gasteiger partial charge on any atom is -0.493 e. The van der Waals surface area contributed by atoms with Crippen molar-refractivity contribution in [3.8, 4) is 11.5 Å². The molecule has 5 rings (SSSR count). The molecular formula is C27H32ClN3O5. The van der Waals surface area contributed by atoms with Gasteiger partial charge in [-0.2, -0.15) is 0 Å². The molecule has 0 amide bonds. The molecule has 0 N–H and O–H groups in total. The predicted molar refractivity (Wildman–Crippen MR) is 138 cm³/mol. The standard InChI is InChI=1S/C27H32ClN3O5/c1-4-36-26(32)16-30-23-14-18(28)6-8-22(23)31(27(30)33)19-9-11-29(12-10-19)21-7-5-17-13-24(34-2)25(35-3)15-20(17)21/h6,8,13-15,19,21H,4-5,7,9-12,16H2,1-3H3. The number of imidazole rings is 1. The van der Waals surface area contributed by atoms with Crippen LogP contribution in [0.3, 0.4) is 0 Å². The Hall–Kier alpha value is -2.97. The van der Waals surface area contributed by atoms with Crippen molar-refractivity contribution in [3.05, 3.63) is 57.0 Å². The number of piperidine rings is 1. The van der Waals surface area contributed by atoms with Gasteiger partial charge in [0.05, 0.1) is 31.9 Å². The van der Waals surface area contributed by atoms with Crippen LogP contribution in [-0.2, 0) is 22.5 Å². The zero-order valence-electron chi connectivity index (χ0n) is 21.0. The number of halogens is 1. The first-order valence-electron chi connectivity index (χ1n) is 12.5. The lowest BCUT2D eigenvalue weighted by atomic mass is 9.99. The lowest BCUT2D eigenvalue weighted by Gasteiger charge is -2.37. The van der Waals surface area contributed by atoms with Crippen molar-refractivity contribution < 1.29 is 19.0 Å². The molecule has 1 atom stereocenters. The Labute approximate surface area is 215 Å². The van der Waals surface area contributed by atoms with Gasteiger partial charge in [0.25, 0.3) is 0 Å². The molecule has 192 valence electrons. The average Bonchev–Trinajstić information content (AvgIpc) is 3.41. The molecule has 8 nitrogen and oxygen atoms in total. The van der Waals surface area contributed by atoms with Crippen LogP contribution >= 0.6 is 11.6 Å². The maximum atomic E-state index is 13.5. The van der Waals surface area contributed by atoms with Crippen molar-refractivity contribution in [1.82, 2.24) is 14.0 Å². The van der Waals surface area contributed by atoms with Gasteiger partial charge in [-0.3, -0.25) is 18.8 Å². The Bertz CT molecular complexity index is 1340. The normalized spacial score (nSPS) is 18.4. The van der Waals surface area contributed by atoms with Gasteiger partial charge in [-0.15, -0.1) is 0 Å². The first-order chi connectivity index (χ1) is 17.4. The van der Waals surface area contributed by atoms with Crippen molar-refractivity contribution >= 4 is 28.6 Å². The number of methoxy groups -OCH3 is 2. The van der Waals surface area contributed by atoms with E-state index in [2.05, 4.69) is 17.0 Å². The van der Waals surface area contributed by atoms with Crippen molar-refractivity contribution in [2.45, 2.75) is 51.2 Å². The Balaban J connectivity index is 1.39. The van der Waals surface area contributed by atoms with E-state index in [1.165, 1.54) is 15.7 Å². The molecule has 0 bridgehead atoms. The number of nitrogens with zero attached hydrogens (tertiary/aromatic N) is 3. The summed E-state index contributed by atoms with van der Waals surface area (Å²) in [4.78, 5) is 28.2. The Kier molecular flexibility index (Phi) is 6.99. The van der Waals surface area contributed by atoms with Crippen LogP contribution in [0.15, 0.2) is 35.1 Å². The maximum absolute atomic E-state index is 13.5. The molecule has 1 aliphatic heterocycles. The summed E-state index contributed by atoms with van der Waals surface area (Å²) in [5, 5.41) is 0.527. The van der Waals surface area contributed by atoms with Gasteiger partial charge in [0.1, 0.15) is 6.54 Å².